The van der Waals surface area contributed by atoms with Crippen LogP contribution in [0.15, 0.2) is 54.6 Å². The van der Waals surface area contributed by atoms with E-state index in [1.54, 1.807) is 7.11 Å². The van der Waals surface area contributed by atoms with Crippen molar-refractivity contribution < 1.29 is 9.53 Å². The molecule has 2 aliphatic carbocycles. The molecule has 0 radical (unpaired) electrons. The van der Waals surface area contributed by atoms with E-state index in [9.17, 15) is 4.79 Å². The first kappa shape index (κ1) is 23.2. The van der Waals surface area contributed by atoms with Crippen molar-refractivity contribution in [2.75, 3.05) is 34.3 Å². The fraction of sp³-hybridized carbons (Fsp3) is 0.552. The van der Waals surface area contributed by atoms with Crippen molar-refractivity contribution in [2.45, 2.75) is 62.6 Å². The molecule has 3 fully saturated rings. The third kappa shape index (κ3) is 4.08. The summed E-state index contributed by atoms with van der Waals surface area (Å²) in [5.74, 6) is 1.51. The number of carbonyl (C=O) groups excluding carboxylic acids is 1. The van der Waals surface area contributed by atoms with Gasteiger partial charge in [0.2, 0.25) is 0 Å². The molecule has 2 atom stereocenters. The van der Waals surface area contributed by atoms with Crippen LogP contribution >= 0.6 is 0 Å². The van der Waals surface area contributed by atoms with Crippen LogP contribution in [-0.2, 0) is 12.1 Å². The van der Waals surface area contributed by atoms with E-state index in [0.29, 0.717) is 12.5 Å². The summed E-state index contributed by atoms with van der Waals surface area (Å²) in [6.07, 6.45) is 8.18. The van der Waals surface area contributed by atoms with Crippen LogP contribution in [-0.4, -0.2) is 60.6 Å². The zero-order valence-corrected chi connectivity index (χ0v) is 21.0. The molecule has 3 aliphatic rings. The van der Waals surface area contributed by atoms with Crippen molar-refractivity contribution in [1.82, 2.24) is 14.7 Å². The molecular weight excluding hydrogens is 422 g/mol. The molecule has 1 spiro atoms. The summed E-state index contributed by atoms with van der Waals surface area (Å²) in [7, 11) is 6.12. The third-order valence-corrected chi connectivity index (χ3v) is 8.78. The lowest BCUT2D eigenvalue weighted by molar-refractivity contribution is -0.000700. The number of ether oxygens (including phenoxy) is 1. The van der Waals surface area contributed by atoms with Gasteiger partial charge in [-0.25, -0.2) is 4.79 Å². The third-order valence-electron chi connectivity index (χ3n) is 8.78. The molecule has 34 heavy (non-hydrogen) atoms. The minimum Gasteiger partial charge on any atom is -0.497 e. The Balaban J connectivity index is 1.46. The zero-order chi connectivity index (χ0) is 23.8. The monoisotopic (exact) mass is 461 g/mol. The van der Waals surface area contributed by atoms with Crippen molar-refractivity contribution in [1.29, 1.82) is 0 Å². The Kier molecular flexibility index (Phi) is 6.32. The van der Waals surface area contributed by atoms with E-state index >= 15 is 0 Å². The minimum atomic E-state index is -0.114. The van der Waals surface area contributed by atoms with Crippen LogP contribution < -0.4 is 4.74 Å². The number of benzene rings is 2. The lowest BCUT2D eigenvalue weighted by atomic mass is 9.66. The predicted molar refractivity (Wildman–Crippen MR) is 136 cm³/mol. The van der Waals surface area contributed by atoms with Gasteiger partial charge in [0.1, 0.15) is 5.75 Å². The lowest BCUT2D eigenvalue weighted by Crippen LogP contribution is -2.59. The van der Waals surface area contributed by atoms with Crippen molar-refractivity contribution in [3.63, 3.8) is 0 Å². The van der Waals surface area contributed by atoms with Crippen molar-refractivity contribution >= 4 is 6.03 Å². The van der Waals surface area contributed by atoms with Gasteiger partial charge in [0.15, 0.2) is 0 Å². The SMILES string of the molecule is COc1ccc(CN2C[C@@]3(CCC[C@@](c4ccccc4)(N(C)C)C3)N(CC3CCC3)C2=O)cc1. The number of hydrogen-bond donors (Lipinski definition) is 0. The molecule has 1 aliphatic heterocycles. The Morgan fingerprint density at radius 3 is 2.35 bits per heavy atom. The highest BCUT2D eigenvalue weighted by Crippen LogP contribution is 2.50. The fourth-order valence-electron chi connectivity index (χ4n) is 6.59. The molecule has 0 bridgehead atoms. The average Bonchev–Trinajstić information content (AvgIpc) is 3.06. The standard InChI is InChI=1S/C29H39N3O2/c1-30(2)29(25-11-5-4-6-12-25)18-8-17-28(21-29)22-31(19-24-13-15-26(34-3)16-14-24)27(33)32(28)20-23-9-7-10-23/h4-6,11-16,23H,7-10,17-22H2,1-3H3/t28-,29+/m0/s1. The molecule has 2 saturated carbocycles. The second-order valence-corrected chi connectivity index (χ2v) is 10.9. The van der Waals surface area contributed by atoms with Gasteiger partial charge in [-0.1, -0.05) is 48.9 Å². The Morgan fingerprint density at radius 2 is 1.74 bits per heavy atom. The highest BCUT2D eigenvalue weighted by atomic mass is 16.5. The van der Waals surface area contributed by atoms with Crippen LogP contribution in [0.25, 0.3) is 0 Å². The van der Waals surface area contributed by atoms with Crippen LogP contribution in [0.2, 0.25) is 0 Å². The highest BCUT2D eigenvalue weighted by Gasteiger charge is 2.56. The van der Waals surface area contributed by atoms with Gasteiger partial charge in [-0.05, 0) is 81.8 Å². The molecule has 1 heterocycles. The van der Waals surface area contributed by atoms with Crippen molar-refractivity contribution in [3.8, 4) is 5.75 Å². The summed E-state index contributed by atoms with van der Waals surface area (Å²) < 4.78 is 5.32. The molecule has 2 aromatic carbocycles. The van der Waals surface area contributed by atoms with Gasteiger partial charge < -0.3 is 14.5 Å². The molecular formula is C29H39N3O2. The smallest absolute Gasteiger partial charge is 0.320 e. The maximum Gasteiger partial charge on any atom is 0.320 e. The summed E-state index contributed by atoms with van der Waals surface area (Å²) in [5.41, 5.74) is 2.38. The number of carbonyl (C=O) groups is 1. The van der Waals surface area contributed by atoms with Crippen LogP contribution in [0, 0.1) is 5.92 Å². The van der Waals surface area contributed by atoms with Gasteiger partial charge in [0, 0.05) is 25.2 Å². The average molecular weight is 462 g/mol. The molecule has 0 aromatic heterocycles. The molecule has 2 amide bonds. The summed E-state index contributed by atoms with van der Waals surface area (Å²) in [4.78, 5) is 20.7. The summed E-state index contributed by atoms with van der Waals surface area (Å²) in [6.45, 7) is 2.38. The summed E-state index contributed by atoms with van der Waals surface area (Å²) in [6, 6.07) is 19.4. The first-order valence-corrected chi connectivity index (χ1v) is 12.9. The van der Waals surface area contributed by atoms with Gasteiger partial charge >= 0.3 is 6.03 Å². The van der Waals surface area contributed by atoms with Crippen molar-refractivity contribution in [2.24, 2.45) is 5.92 Å². The van der Waals surface area contributed by atoms with E-state index in [1.165, 1.54) is 24.8 Å². The summed E-state index contributed by atoms with van der Waals surface area (Å²) >= 11 is 0. The van der Waals surface area contributed by atoms with Crippen LogP contribution in [0.5, 0.6) is 5.75 Å². The Hall–Kier alpha value is -2.53. The number of amides is 2. The van der Waals surface area contributed by atoms with E-state index in [1.807, 2.05) is 12.1 Å². The quantitative estimate of drug-likeness (QED) is 0.546. The van der Waals surface area contributed by atoms with E-state index in [-0.39, 0.29) is 17.1 Å². The van der Waals surface area contributed by atoms with Crippen LogP contribution in [0.1, 0.15) is 56.1 Å². The predicted octanol–water partition coefficient (Wildman–Crippen LogP) is 5.50. The van der Waals surface area contributed by atoms with Gasteiger partial charge in [-0.2, -0.15) is 0 Å². The topological polar surface area (TPSA) is 36.0 Å². The number of methoxy groups -OCH3 is 1. The molecule has 1 saturated heterocycles. The van der Waals surface area contributed by atoms with Crippen LogP contribution in [0.4, 0.5) is 4.79 Å². The second kappa shape index (κ2) is 9.26. The molecule has 0 N–H and O–H groups in total. The number of hydrogen-bond acceptors (Lipinski definition) is 3. The highest BCUT2D eigenvalue weighted by molar-refractivity contribution is 5.78. The zero-order valence-electron chi connectivity index (χ0n) is 21.0. The summed E-state index contributed by atoms with van der Waals surface area (Å²) in [5, 5.41) is 0. The van der Waals surface area contributed by atoms with Crippen molar-refractivity contribution in [3.05, 3.63) is 65.7 Å². The van der Waals surface area contributed by atoms with E-state index in [4.69, 9.17) is 4.74 Å². The molecule has 2 aromatic rings. The van der Waals surface area contributed by atoms with E-state index in [2.05, 4.69) is 71.3 Å². The maximum atomic E-state index is 13.9. The number of nitrogens with zero attached hydrogens (tertiary/aromatic N) is 3. The molecule has 5 heteroatoms. The van der Waals surface area contributed by atoms with Gasteiger partial charge in [-0.3, -0.25) is 4.90 Å². The molecule has 182 valence electrons. The largest absolute Gasteiger partial charge is 0.497 e. The van der Waals surface area contributed by atoms with Gasteiger partial charge in [0.05, 0.1) is 12.6 Å². The molecule has 5 rings (SSSR count). The van der Waals surface area contributed by atoms with E-state index in [0.717, 1.165) is 50.1 Å². The maximum absolute atomic E-state index is 13.9. The molecule has 0 unspecified atom stereocenters. The van der Waals surface area contributed by atoms with Gasteiger partial charge in [-0.15, -0.1) is 0 Å². The minimum absolute atomic E-state index is 0.0478. The first-order chi connectivity index (χ1) is 16.5. The molecule has 5 nitrogen and oxygen atoms in total. The first-order valence-electron chi connectivity index (χ1n) is 12.9. The lowest BCUT2D eigenvalue weighted by Gasteiger charge is -2.53. The normalized spacial score (nSPS) is 27.5. The fourth-order valence-corrected chi connectivity index (χ4v) is 6.59. The second-order valence-electron chi connectivity index (χ2n) is 10.9. The van der Waals surface area contributed by atoms with Gasteiger partial charge in [0.25, 0.3) is 0 Å². The Bertz CT molecular complexity index is 988. The Labute approximate surface area is 204 Å². The Morgan fingerprint density at radius 1 is 1.00 bits per heavy atom. The van der Waals surface area contributed by atoms with E-state index < -0.39 is 0 Å². The number of urea groups is 1. The number of rotatable bonds is 7. The van der Waals surface area contributed by atoms with Crippen LogP contribution in [0.3, 0.4) is 0 Å².